The van der Waals surface area contributed by atoms with Gasteiger partial charge in [0.1, 0.15) is 9.84 Å². The van der Waals surface area contributed by atoms with Crippen LogP contribution >= 0.6 is 0 Å². The lowest BCUT2D eigenvalue weighted by molar-refractivity contribution is -0.141. The summed E-state index contributed by atoms with van der Waals surface area (Å²) in [6.45, 7) is 0. The second-order valence-electron chi connectivity index (χ2n) is 4.84. The Labute approximate surface area is 97.0 Å². The predicted molar refractivity (Wildman–Crippen MR) is 62.0 cm³/mol. The molecule has 1 rings (SSSR count). The molecular weight excluding hydrogens is 228 g/mol. The van der Waals surface area contributed by atoms with Crippen LogP contribution in [0.5, 0.6) is 0 Å². The summed E-state index contributed by atoms with van der Waals surface area (Å²) in [4.78, 5) is 10.7. The molecule has 0 amide bonds. The first-order valence-corrected chi connectivity index (χ1v) is 7.85. The number of unbranched alkanes of at least 4 members (excludes halogenated alkanes) is 1. The molecule has 0 radical (unpaired) electrons. The number of sulfone groups is 1. The maximum absolute atomic E-state index is 10.9. The Kier molecular flexibility index (Phi) is 4.77. The Bertz CT molecular complexity index is 334. The maximum Gasteiger partial charge on any atom is 0.306 e. The Balaban J connectivity index is 2.14. The summed E-state index contributed by atoms with van der Waals surface area (Å²) in [5.74, 6) is -0.110. The van der Waals surface area contributed by atoms with Crippen LogP contribution in [0.25, 0.3) is 0 Å². The summed E-state index contributed by atoms with van der Waals surface area (Å²) in [5, 5.41) is 8.83. The molecule has 5 heteroatoms. The smallest absolute Gasteiger partial charge is 0.306 e. The minimum Gasteiger partial charge on any atom is -0.481 e. The van der Waals surface area contributed by atoms with E-state index < -0.39 is 15.8 Å². The topological polar surface area (TPSA) is 71.4 Å². The molecule has 1 aliphatic carbocycles. The molecule has 0 bridgehead atoms. The molecule has 2 atom stereocenters. The van der Waals surface area contributed by atoms with E-state index in [1.807, 2.05) is 0 Å². The van der Waals surface area contributed by atoms with E-state index in [1.54, 1.807) is 0 Å². The van der Waals surface area contributed by atoms with Gasteiger partial charge in [-0.2, -0.15) is 0 Å². The van der Waals surface area contributed by atoms with E-state index >= 15 is 0 Å². The van der Waals surface area contributed by atoms with Crippen molar-refractivity contribution >= 4 is 15.8 Å². The predicted octanol–water partition coefficient (Wildman–Crippen LogP) is 1.70. The molecule has 16 heavy (non-hydrogen) atoms. The summed E-state index contributed by atoms with van der Waals surface area (Å²) < 4.78 is 21.8. The normalized spacial score (nSPS) is 25.8. The minimum absolute atomic E-state index is 0.167. The lowest BCUT2D eigenvalue weighted by atomic mass is 9.99. The van der Waals surface area contributed by atoms with Crippen LogP contribution in [0.15, 0.2) is 0 Å². The van der Waals surface area contributed by atoms with Gasteiger partial charge in [-0.3, -0.25) is 4.79 Å². The number of carboxylic acids is 1. The Morgan fingerprint density at radius 1 is 1.31 bits per heavy atom. The fourth-order valence-electron chi connectivity index (χ4n) is 2.36. The monoisotopic (exact) mass is 248 g/mol. The highest BCUT2D eigenvalue weighted by Gasteiger charge is 2.28. The maximum atomic E-state index is 10.9. The van der Waals surface area contributed by atoms with Gasteiger partial charge in [-0.05, 0) is 31.6 Å². The van der Waals surface area contributed by atoms with Crippen LogP contribution in [0.3, 0.4) is 0 Å². The SMILES string of the molecule is CS(=O)(=O)CCCCC1CCC(C(=O)O)C1. The molecule has 4 nitrogen and oxygen atoms in total. The molecular formula is C11H20O4S. The molecule has 2 unspecified atom stereocenters. The van der Waals surface area contributed by atoms with Crippen LogP contribution in [0.2, 0.25) is 0 Å². The molecule has 0 saturated heterocycles. The number of hydrogen-bond donors (Lipinski definition) is 1. The van der Waals surface area contributed by atoms with E-state index in [2.05, 4.69) is 0 Å². The van der Waals surface area contributed by atoms with Crippen LogP contribution in [-0.4, -0.2) is 31.5 Å². The van der Waals surface area contributed by atoms with E-state index in [0.29, 0.717) is 12.3 Å². The lowest BCUT2D eigenvalue weighted by Crippen LogP contribution is -2.09. The molecule has 0 aromatic carbocycles. The van der Waals surface area contributed by atoms with Crippen LogP contribution < -0.4 is 0 Å². The quantitative estimate of drug-likeness (QED) is 0.726. The molecule has 0 aromatic rings. The average molecular weight is 248 g/mol. The van der Waals surface area contributed by atoms with Crippen molar-refractivity contribution in [3.05, 3.63) is 0 Å². The van der Waals surface area contributed by atoms with Gasteiger partial charge in [0.25, 0.3) is 0 Å². The summed E-state index contributed by atoms with van der Waals surface area (Å²) in [5.41, 5.74) is 0. The van der Waals surface area contributed by atoms with Gasteiger partial charge in [0.15, 0.2) is 0 Å². The fraction of sp³-hybridized carbons (Fsp3) is 0.909. The zero-order valence-electron chi connectivity index (χ0n) is 9.68. The van der Waals surface area contributed by atoms with E-state index in [4.69, 9.17) is 5.11 Å². The third-order valence-electron chi connectivity index (χ3n) is 3.27. The average Bonchev–Trinajstić information content (AvgIpc) is 2.59. The van der Waals surface area contributed by atoms with Gasteiger partial charge in [0.2, 0.25) is 0 Å². The van der Waals surface area contributed by atoms with Crippen molar-refractivity contribution in [1.29, 1.82) is 0 Å². The number of hydrogen-bond acceptors (Lipinski definition) is 3. The molecule has 1 fully saturated rings. The van der Waals surface area contributed by atoms with Crippen molar-refractivity contribution in [2.45, 2.75) is 38.5 Å². The van der Waals surface area contributed by atoms with Crippen LogP contribution in [0, 0.1) is 11.8 Å². The zero-order chi connectivity index (χ0) is 12.2. The Morgan fingerprint density at radius 2 is 2.00 bits per heavy atom. The van der Waals surface area contributed by atoms with Crippen molar-refractivity contribution in [3.8, 4) is 0 Å². The van der Waals surface area contributed by atoms with Crippen LogP contribution in [-0.2, 0) is 14.6 Å². The third kappa shape index (κ3) is 4.96. The van der Waals surface area contributed by atoms with Crippen molar-refractivity contribution in [2.75, 3.05) is 12.0 Å². The second-order valence-corrected chi connectivity index (χ2v) is 7.10. The van der Waals surface area contributed by atoms with Crippen LogP contribution in [0.4, 0.5) is 0 Å². The van der Waals surface area contributed by atoms with Crippen LogP contribution in [0.1, 0.15) is 38.5 Å². The van der Waals surface area contributed by atoms with Crippen molar-refractivity contribution < 1.29 is 18.3 Å². The van der Waals surface area contributed by atoms with Gasteiger partial charge < -0.3 is 5.11 Å². The van der Waals surface area contributed by atoms with Gasteiger partial charge >= 0.3 is 5.97 Å². The highest BCUT2D eigenvalue weighted by Crippen LogP contribution is 2.34. The highest BCUT2D eigenvalue weighted by atomic mass is 32.2. The van der Waals surface area contributed by atoms with Gasteiger partial charge in [0, 0.05) is 12.0 Å². The highest BCUT2D eigenvalue weighted by molar-refractivity contribution is 7.90. The van der Waals surface area contributed by atoms with E-state index in [9.17, 15) is 13.2 Å². The summed E-state index contributed by atoms with van der Waals surface area (Å²) >= 11 is 0. The van der Waals surface area contributed by atoms with Crippen molar-refractivity contribution in [3.63, 3.8) is 0 Å². The van der Waals surface area contributed by atoms with Gasteiger partial charge in [0.05, 0.1) is 5.92 Å². The van der Waals surface area contributed by atoms with Gasteiger partial charge in [-0.25, -0.2) is 8.42 Å². The number of aliphatic carboxylic acids is 1. The van der Waals surface area contributed by atoms with Gasteiger partial charge in [-0.15, -0.1) is 0 Å². The second kappa shape index (κ2) is 5.66. The largest absolute Gasteiger partial charge is 0.481 e. The van der Waals surface area contributed by atoms with E-state index in [1.165, 1.54) is 6.26 Å². The summed E-state index contributed by atoms with van der Waals surface area (Å²) in [7, 11) is -2.84. The first kappa shape index (κ1) is 13.5. The first-order chi connectivity index (χ1) is 7.38. The molecule has 0 heterocycles. The fourth-order valence-corrected chi connectivity index (χ4v) is 3.09. The molecule has 1 aliphatic rings. The number of rotatable bonds is 6. The molecule has 94 valence electrons. The zero-order valence-corrected chi connectivity index (χ0v) is 10.5. The molecule has 0 spiro atoms. The Morgan fingerprint density at radius 3 is 2.50 bits per heavy atom. The molecule has 1 N–H and O–H groups in total. The van der Waals surface area contributed by atoms with Crippen molar-refractivity contribution in [1.82, 2.24) is 0 Å². The third-order valence-corrected chi connectivity index (χ3v) is 4.30. The minimum atomic E-state index is -2.84. The first-order valence-electron chi connectivity index (χ1n) is 5.79. The molecule has 0 aromatic heterocycles. The molecule has 0 aliphatic heterocycles. The van der Waals surface area contributed by atoms with E-state index in [0.717, 1.165) is 32.1 Å². The molecule has 1 saturated carbocycles. The lowest BCUT2D eigenvalue weighted by Gasteiger charge is -2.08. The standard InChI is InChI=1S/C11H20O4S/c1-16(14,15)7-3-2-4-9-5-6-10(8-9)11(12)13/h9-10H,2-8H2,1H3,(H,12,13). The Hall–Kier alpha value is -0.580. The summed E-state index contributed by atoms with van der Waals surface area (Å²) in [6, 6.07) is 0. The number of carbonyl (C=O) groups is 1. The summed E-state index contributed by atoms with van der Waals surface area (Å²) in [6.07, 6.45) is 6.36. The van der Waals surface area contributed by atoms with Crippen molar-refractivity contribution in [2.24, 2.45) is 11.8 Å². The van der Waals surface area contributed by atoms with E-state index in [-0.39, 0.29) is 11.7 Å². The van der Waals surface area contributed by atoms with Gasteiger partial charge in [-0.1, -0.05) is 12.8 Å². The number of carboxylic acid groups (broad SMARTS) is 1.